The third kappa shape index (κ3) is 2.38. The molecular weight excluding hydrogens is 286 g/mol. The third-order valence-electron chi connectivity index (χ3n) is 2.67. The number of rotatable bonds is 3. The zero-order valence-corrected chi connectivity index (χ0v) is 11.5. The fraction of sp³-hybridized carbons (Fsp3) is 0.308. The molecule has 16 heavy (non-hydrogen) atoms. The number of fused-ring (bicyclic) bond motifs is 1. The third-order valence-corrected chi connectivity index (χ3v) is 3.61. The van der Waals surface area contributed by atoms with Crippen molar-refractivity contribution >= 4 is 38.3 Å². The van der Waals surface area contributed by atoms with Gasteiger partial charge in [0, 0.05) is 21.4 Å². The first-order chi connectivity index (χ1) is 7.72. The minimum absolute atomic E-state index is 0.580. The van der Waals surface area contributed by atoms with Crippen LogP contribution in [0.2, 0.25) is 5.15 Å². The van der Waals surface area contributed by atoms with Gasteiger partial charge in [-0.15, -0.1) is 0 Å². The maximum Gasteiger partial charge on any atom is 0.136 e. The maximum absolute atomic E-state index is 6.10. The van der Waals surface area contributed by atoms with E-state index in [1.807, 2.05) is 0 Å². The molecule has 84 valence electrons. The minimum atomic E-state index is 0.580. The van der Waals surface area contributed by atoms with Gasteiger partial charge in [-0.2, -0.15) is 0 Å². The molecule has 0 aliphatic carbocycles. The second kappa shape index (κ2) is 5.15. The second-order valence-electron chi connectivity index (χ2n) is 3.88. The summed E-state index contributed by atoms with van der Waals surface area (Å²) in [5.74, 6) is 0. The Kier molecular flexibility index (Phi) is 3.82. The minimum Gasteiger partial charge on any atom is -0.243 e. The van der Waals surface area contributed by atoms with Crippen LogP contribution in [0.1, 0.15) is 25.3 Å². The molecule has 1 heterocycles. The Morgan fingerprint density at radius 2 is 2.12 bits per heavy atom. The standard InChI is InChI=1S/C13H13BrClN/c1-2-3-4-9-5-6-10-11(7-9)13(15)16-8-12(10)14/h5-8H,2-4H2,1H3. The Bertz CT molecular complexity index is 511. The topological polar surface area (TPSA) is 12.9 Å². The van der Waals surface area contributed by atoms with Crippen molar-refractivity contribution in [1.29, 1.82) is 0 Å². The fourth-order valence-corrected chi connectivity index (χ4v) is 2.41. The SMILES string of the molecule is CCCCc1ccc2c(Br)cnc(Cl)c2c1. The number of halogens is 2. The number of hydrogen-bond acceptors (Lipinski definition) is 1. The summed E-state index contributed by atoms with van der Waals surface area (Å²) in [5, 5.41) is 2.74. The summed E-state index contributed by atoms with van der Waals surface area (Å²) in [6.07, 6.45) is 5.28. The highest BCUT2D eigenvalue weighted by Crippen LogP contribution is 2.29. The van der Waals surface area contributed by atoms with Gasteiger partial charge in [-0.1, -0.05) is 37.1 Å². The van der Waals surface area contributed by atoms with E-state index in [1.54, 1.807) is 6.20 Å². The first-order valence-corrected chi connectivity index (χ1v) is 6.62. The summed E-state index contributed by atoms with van der Waals surface area (Å²) in [7, 11) is 0. The van der Waals surface area contributed by atoms with Gasteiger partial charge >= 0.3 is 0 Å². The molecule has 0 radical (unpaired) electrons. The zero-order valence-electron chi connectivity index (χ0n) is 9.13. The number of unbranched alkanes of at least 4 members (excludes halogenated alkanes) is 1. The lowest BCUT2D eigenvalue weighted by atomic mass is 10.0. The predicted octanol–water partition coefficient (Wildman–Crippen LogP) is 4.99. The van der Waals surface area contributed by atoms with E-state index in [9.17, 15) is 0 Å². The van der Waals surface area contributed by atoms with Crippen LogP contribution in [0.15, 0.2) is 28.9 Å². The maximum atomic E-state index is 6.10. The van der Waals surface area contributed by atoms with E-state index >= 15 is 0 Å². The van der Waals surface area contributed by atoms with Crippen molar-refractivity contribution in [2.24, 2.45) is 0 Å². The van der Waals surface area contributed by atoms with E-state index < -0.39 is 0 Å². The van der Waals surface area contributed by atoms with Crippen molar-refractivity contribution in [3.05, 3.63) is 39.6 Å². The van der Waals surface area contributed by atoms with Crippen molar-refractivity contribution in [2.75, 3.05) is 0 Å². The first kappa shape index (κ1) is 11.9. The fourth-order valence-electron chi connectivity index (χ4n) is 1.76. The van der Waals surface area contributed by atoms with Crippen LogP contribution in [0.3, 0.4) is 0 Å². The summed E-state index contributed by atoms with van der Waals surface area (Å²) >= 11 is 9.59. The molecule has 2 rings (SSSR count). The first-order valence-electron chi connectivity index (χ1n) is 5.45. The normalized spacial score (nSPS) is 10.9. The van der Waals surface area contributed by atoms with Gasteiger partial charge in [0.2, 0.25) is 0 Å². The number of hydrogen-bond donors (Lipinski definition) is 0. The monoisotopic (exact) mass is 297 g/mol. The van der Waals surface area contributed by atoms with E-state index in [1.165, 1.54) is 18.4 Å². The van der Waals surface area contributed by atoms with Gasteiger partial charge in [0.05, 0.1) is 0 Å². The molecule has 0 amide bonds. The van der Waals surface area contributed by atoms with Crippen LogP contribution in [0.4, 0.5) is 0 Å². The molecule has 1 nitrogen and oxygen atoms in total. The van der Waals surface area contributed by atoms with Crippen molar-refractivity contribution in [2.45, 2.75) is 26.2 Å². The molecule has 3 heteroatoms. The Labute approximate surface area is 109 Å². The highest BCUT2D eigenvalue weighted by Gasteiger charge is 2.05. The number of nitrogens with zero attached hydrogens (tertiary/aromatic N) is 1. The molecule has 0 bridgehead atoms. The number of benzene rings is 1. The lowest BCUT2D eigenvalue weighted by Gasteiger charge is -2.05. The largest absolute Gasteiger partial charge is 0.243 e. The summed E-state index contributed by atoms with van der Waals surface area (Å²) < 4.78 is 0.994. The lowest BCUT2D eigenvalue weighted by Crippen LogP contribution is -1.87. The molecule has 1 aromatic carbocycles. The molecule has 0 aliphatic heterocycles. The summed E-state index contributed by atoms with van der Waals surface area (Å²) in [6, 6.07) is 6.42. The Morgan fingerprint density at radius 1 is 1.31 bits per heavy atom. The van der Waals surface area contributed by atoms with Gasteiger partial charge in [0.15, 0.2) is 0 Å². The van der Waals surface area contributed by atoms with Crippen molar-refractivity contribution in [3.63, 3.8) is 0 Å². The van der Waals surface area contributed by atoms with Crippen LogP contribution in [-0.4, -0.2) is 4.98 Å². The van der Waals surface area contributed by atoms with Crippen LogP contribution >= 0.6 is 27.5 Å². The van der Waals surface area contributed by atoms with E-state index in [4.69, 9.17) is 11.6 Å². The van der Waals surface area contributed by atoms with Gasteiger partial charge in [-0.3, -0.25) is 0 Å². The van der Waals surface area contributed by atoms with Crippen molar-refractivity contribution in [3.8, 4) is 0 Å². The van der Waals surface area contributed by atoms with E-state index in [0.29, 0.717) is 5.15 Å². The van der Waals surface area contributed by atoms with Gasteiger partial charge in [0.25, 0.3) is 0 Å². The van der Waals surface area contributed by atoms with E-state index in [0.717, 1.165) is 21.7 Å². The van der Waals surface area contributed by atoms with Gasteiger partial charge < -0.3 is 0 Å². The molecule has 0 spiro atoms. The van der Waals surface area contributed by atoms with Crippen LogP contribution in [0.25, 0.3) is 10.8 Å². The molecule has 2 aromatic rings. The molecule has 1 aromatic heterocycles. The molecule has 0 unspecified atom stereocenters. The Balaban J connectivity index is 2.48. The smallest absolute Gasteiger partial charge is 0.136 e. The zero-order chi connectivity index (χ0) is 11.5. The molecule has 0 fully saturated rings. The lowest BCUT2D eigenvalue weighted by molar-refractivity contribution is 0.796. The molecule has 0 saturated heterocycles. The molecule has 0 atom stereocenters. The number of pyridine rings is 1. The average Bonchev–Trinajstić information content (AvgIpc) is 2.31. The van der Waals surface area contributed by atoms with Crippen LogP contribution < -0.4 is 0 Å². The molecule has 0 N–H and O–H groups in total. The Hall–Kier alpha value is -0.600. The number of aromatic nitrogens is 1. The van der Waals surface area contributed by atoms with Gasteiger partial charge in [-0.05, 0) is 40.4 Å². The summed E-state index contributed by atoms with van der Waals surface area (Å²) in [4.78, 5) is 4.15. The highest BCUT2D eigenvalue weighted by molar-refractivity contribution is 9.10. The van der Waals surface area contributed by atoms with Crippen molar-refractivity contribution < 1.29 is 0 Å². The average molecular weight is 299 g/mol. The van der Waals surface area contributed by atoms with Crippen molar-refractivity contribution in [1.82, 2.24) is 4.98 Å². The quantitative estimate of drug-likeness (QED) is 0.727. The highest BCUT2D eigenvalue weighted by atomic mass is 79.9. The summed E-state index contributed by atoms with van der Waals surface area (Å²) in [5.41, 5.74) is 1.33. The van der Waals surface area contributed by atoms with Gasteiger partial charge in [-0.25, -0.2) is 4.98 Å². The molecule has 0 saturated carbocycles. The van der Waals surface area contributed by atoms with E-state index in [-0.39, 0.29) is 0 Å². The van der Waals surface area contributed by atoms with Gasteiger partial charge in [0.1, 0.15) is 5.15 Å². The Morgan fingerprint density at radius 3 is 2.88 bits per heavy atom. The molecular formula is C13H13BrClN. The summed E-state index contributed by atoms with van der Waals surface area (Å²) in [6.45, 7) is 2.20. The predicted molar refractivity (Wildman–Crippen MR) is 73.1 cm³/mol. The van der Waals surface area contributed by atoms with Crippen LogP contribution in [-0.2, 0) is 6.42 Å². The second-order valence-corrected chi connectivity index (χ2v) is 5.09. The van der Waals surface area contributed by atoms with Crippen LogP contribution in [0, 0.1) is 0 Å². The molecule has 0 aliphatic rings. The van der Waals surface area contributed by atoms with E-state index in [2.05, 4.69) is 46.0 Å². The van der Waals surface area contributed by atoms with Crippen LogP contribution in [0.5, 0.6) is 0 Å². The number of aryl methyl sites for hydroxylation is 1.